The molecule has 0 bridgehead atoms. The van der Waals surface area contributed by atoms with E-state index in [2.05, 4.69) is 25.3 Å². The minimum absolute atomic E-state index is 0.0370. The molecular formula is C22H36O3. The van der Waals surface area contributed by atoms with Crippen molar-refractivity contribution in [1.29, 1.82) is 0 Å². The van der Waals surface area contributed by atoms with Gasteiger partial charge < -0.3 is 9.47 Å². The number of aldehydes is 1. The van der Waals surface area contributed by atoms with E-state index in [4.69, 9.17) is 9.47 Å². The Balaban J connectivity index is 0.000000493. The van der Waals surface area contributed by atoms with Crippen molar-refractivity contribution in [3.63, 3.8) is 0 Å². The Morgan fingerprint density at radius 2 is 1.56 bits per heavy atom. The number of benzene rings is 1. The van der Waals surface area contributed by atoms with Crippen LogP contribution in [0.2, 0.25) is 0 Å². The van der Waals surface area contributed by atoms with Crippen LogP contribution in [0.1, 0.15) is 68.8 Å². The summed E-state index contributed by atoms with van der Waals surface area (Å²) < 4.78 is 10.1. The van der Waals surface area contributed by atoms with Crippen LogP contribution in [0.3, 0.4) is 0 Å². The summed E-state index contributed by atoms with van der Waals surface area (Å²) in [6.45, 7) is 13.3. The first-order chi connectivity index (χ1) is 12.2. The van der Waals surface area contributed by atoms with Crippen molar-refractivity contribution < 1.29 is 14.3 Å². The fourth-order valence-corrected chi connectivity index (χ4v) is 2.97. The average molecular weight is 349 g/mol. The maximum Gasteiger partial charge on any atom is 0.154 e. The molecule has 1 saturated carbocycles. The molecule has 0 atom stereocenters. The summed E-state index contributed by atoms with van der Waals surface area (Å²) in [4.78, 5) is 10.5. The molecular weight excluding hydrogens is 312 g/mol. The third-order valence-corrected chi connectivity index (χ3v) is 4.17. The Morgan fingerprint density at radius 1 is 1.04 bits per heavy atom. The van der Waals surface area contributed by atoms with Crippen LogP contribution >= 0.6 is 0 Å². The van der Waals surface area contributed by atoms with Gasteiger partial charge >= 0.3 is 0 Å². The van der Waals surface area contributed by atoms with E-state index in [9.17, 15) is 4.79 Å². The van der Waals surface area contributed by atoms with Gasteiger partial charge in [-0.25, -0.2) is 0 Å². The predicted molar refractivity (Wildman–Crippen MR) is 106 cm³/mol. The van der Waals surface area contributed by atoms with Gasteiger partial charge in [-0.1, -0.05) is 56.4 Å². The van der Waals surface area contributed by atoms with Gasteiger partial charge in [-0.3, -0.25) is 4.79 Å². The molecule has 1 aliphatic carbocycles. The summed E-state index contributed by atoms with van der Waals surface area (Å²) in [5.41, 5.74) is 2.16. The highest BCUT2D eigenvalue weighted by atomic mass is 16.7. The minimum Gasteiger partial charge on any atom is -0.353 e. The second-order valence-electron chi connectivity index (χ2n) is 6.05. The van der Waals surface area contributed by atoms with Crippen LogP contribution in [0.25, 0.3) is 0 Å². The molecule has 0 radical (unpaired) electrons. The fraction of sp³-hybridized carbons (Fsp3) is 0.591. The van der Waals surface area contributed by atoms with Crippen LogP contribution in [0.5, 0.6) is 0 Å². The van der Waals surface area contributed by atoms with Crippen molar-refractivity contribution >= 4 is 6.29 Å². The molecule has 0 N–H and O–H groups in total. The number of carbonyl (C=O) groups is 1. The maximum atomic E-state index is 10.5. The van der Waals surface area contributed by atoms with Gasteiger partial charge in [-0.2, -0.15) is 0 Å². The molecule has 1 aromatic carbocycles. The molecule has 3 nitrogen and oxygen atoms in total. The van der Waals surface area contributed by atoms with E-state index >= 15 is 0 Å². The van der Waals surface area contributed by atoms with Crippen molar-refractivity contribution in [2.24, 2.45) is 5.92 Å². The number of hydrogen-bond acceptors (Lipinski definition) is 3. The molecule has 0 aliphatic heterocycles. The monoisotopic (exact) mass is 348 g/mol. The molecule has 0 saturated heterocycles. The summed E-state index contributed by atoms with van der Waals surface area (Å²) in [5.74, 6) is 0.876. The Kier molecular flexibility index (Phi) is 15.1. The topological polar surface area (TPSA) is 35.5 Å². The van der Waals surface area contributed by atoms with Gasteiger partial charge in [0.1, 0.15) is 6.29 Å². The second-order valence-corrected chi connectivity index (χ2v) is 6.05. The summed E-state index contributed by atoms with van der Waals surface area (Å²) in [5, 5.41) is 0. The zero-order chi connectivity index (χ0) is 18.9. The fourth-order valence-electron chi connectivity index (χ4n) is 2.97. The number of hydrogen-bond donors (Lipinski definition) is 0. The summed E-state index contributed by atoms with van der Waals surface area (Å²) >= 11 is 0. The van der Waals surface area contributed by atoms with E-state index < -0.39 is 0 Å². The van der Waals surface area contributed by atoms with Gasteiger partial charge in [-0.15, -0.1) is 13.2 Å². The average Bonchev–Trinajstić information content (AvgIpc) is 2.66. The van der Waals surface area contributed by atoms with E-state index in [0.717, 1.165) is 31.0 Å². The molecule has 0 heterocycles. The molecule has 3 heteroatoms. The maximum absolute atomic E-state index is 10.5. The lowest BCUT2D eigenvalue weighted by molar-refractivity contribution is -0.123. The third-order valence-electron chi connectivity index (χ3n) is 4.17. The molecule has 142 valence electrons. The molecule has 0 aromatic heterocycles. The van der Waals surface area contributed by atoms with Crippen molar-refractivity contribution in [3.05, 3.63) is 48.6 Å². The zero-order valence-electron chi connectivity index (χ0n) is 16.3. The first kappa shape index (κ1) is 23.5. The highest BCUT2D eigenvalue weighted by Crippen LogP contribution is 2.26. The Morgan fingerprint density at radius 3 is 2.00 bits per heavy atom. The van der Waals surface area contributed by atoms with E-state index in [1.54, 1.807) is 0 Å². The second kappa shape index (κ2) is 16.0. The van der Waals surface area contributed by atoms with Crippen LogP contribution in [-0.4, -0.2) is 25.8 Å². The molecule has 0 unspecified atom stereocenters. The van der Waals surface area contributed by atoms with Gasteiger partial charge in [0.2, 0.25) is 0 Å². The SMILES string of the molecule is C=C.CCOC(C)OCC.O=Cc1ccc(CC2CCCCC2)cc1. The Bertz CT molecular complexity index is 415. The zero-order valence-corrected chi connectivity index (χ0v) is 16.3. The summed E-state index contributed by atoms with van der Waals surface area (Å²) in [6, 6.07) is 8.03. The smallest absolute Gasteiger partial charge is 0.154 e. The van der Waals surface area contributed by atoms with Crippen LogP contribution < -0.4 is 0 Å². The van der Waals surface area contributed by atoms with Crippen molar-refractivity contribution in [3.8, 4) is 0 Å². The van der Waals surface area contributed by atoms with Gasteiger partial charge in [0.25, 0.3) is 0 Å². The minimum atomic E-state index is -0.0370. The number of carbonyl (C=O) groups excluding carboxylic acids is 1. The van der Waals surface area contributed by atoms with E-state index in [1.165, 1.54) is 44.1 Å². The molecule has 25 heavy (non-hydrogen) atoms. The quantitative estimate of drug-likeness (QED) is 0.353. The van der Waals surface area contributed by atoms with Crippen molar-refractivity contribution in [1.82, 2.24) is 0 Å². The first-order valence-corrected chi connectivity index (χ1v) is 9.46. The molecule has 1 aromatic rings. The lowest BCUT2D eigenvalue weighted by atomic mass is 9.85. The van der Waals surface area contributed by atoms with Crippen LogP contribution in [0, 0.1) is 5.92 Å². The van der Waals surface area contributed by atoms with Gasteiger partial charge in [0, 0.05) is 18.8 Å². The standard InChI is InChI=1S/C14H18O.C6H14O2.C2H4/c15-11-14-8-6-13(7-9-14)10-12-4-2-1-3-5-12;1-4-7-6(3)8-5-2;1-2/h6-9,11-12H,1-5,10H2;6H,4-5H2,1-3H3;1-2H2. The predicted octanol–water partition coefficient (Wildman–Crippen LogP) is 5.83. The third kappa shape index (κ3) is 11.7. The first-order valence-electron chi connectivity index (χ1n) is 9.46. The summed E-state index contributed by atoms with van der Waals surface area (Å²) in [7, 11) is 0. The van der Waals surface area contributed by atoms with E-state index in [-0.39, 0.29) is 6.29 Å². The molecule has 2 rings (SSSR count). The van der Waals surface area contributed by atoms with Crippen LogP contribution in [0.4, 0.5) is 0 Å². The van der Waals surface area contributed by atoms with E-state index in [0.29, 0.717) is 0 Å². The number of ether oxygens (including phenoxy) is 2. The highest BCUT2D eigenvalue weighted by molar-refractivity contribution is 5.74. The lowest BCUT2D eigenvalue weighted by Gasteiger charge is -2.21. The highest BCUT2D eigenvalue weighted by Gasteiger charge is 2.13. The summed E-state index contributed by atoms with van der Waals surface area (Å²) in [6.07, 6.45) is 9.05. The largest absolute Gasteiger partial charge is 0.353 e. The van der Waals surface area contributed by atoms with E-state index in [1.807, 2.05) is 32.9 Å². The van der Waals surface area contributed by atoms with Gasteiger partial charge in [-0.05, 0) is 38.7 Å². The lowest BCUT2D eigenvalue weighted by Crippen LogP contribution is -2.11. The van der Waals surface area contributed by atoms with Crippen molar-refractivity contribution in [2.75, 3.05) is 13.2 Å². The Hall–Kier alpha value is -1.45. The molecule has 0 amide bonds. The van der Waals surface area contributed by atoms with Crippen molar-refractivity contribution in [2.45, 2.75) is 65.6 Å². The number of rotatable bonds is 7. The molecule has 0 spiro atoms. The van der Waals surface area contributed by atoms with Crippen LogP contribution in [-0.2, 0) is 15.9 Å². The Labute approximate surface area is 154 Å². The van der Waals surface area contributed by atoms with Crippen LogP contribution in [0.15, 0.2) is 37.4 Å². The van der Waals surface area contributed by atoms with Gasteiger partial charge in [0.15, 0.2) is 6.29 Å². The molecule has 1 aliphatic rings. The molecule has 1 fully saturated rings. The van der Waals surface area contributed by atoms with Gasteiger partial charge in [0.05, 0.1) is 0 Å². The normalized spacial score (nSPS) is 14.1.